The molecule has 0 fully saturated rings. The Bertz CT molecular complexity index is 413. The van der Waals surface area contributed by atoms with Gasteiger partial charge in [0.15, 0.2) is 0 Å². The predicted octanol–water partition coefficient (Wildman–Crippen LogP) is 3.37. The largest absolute Gasteiger partial charge is 0.323 e. The molecule has 3 atom stereocenters. The van der Waals surface area contributed by atoms with E-state index in [4.69, 9.17) is 5.73 Å². The van der Waals surface area contributed by atoms with Gasteiger partial charge in [0.25, 0.3) is 0 Å². The lowest BCUT2D eigenvalue weighted by Gasteiger charge is -2.38. The molecule has 2 heteroatoms. The summed E-state index contributed by atoms with van der Waals surface area (Å²) in [7, 11) is 2.24. The van der Waals surface area contributed by atoms with Crippen LogP contribution in [-0.2, 0) is 6.42 Å². The Labute approximate surface area is 118 Å². The first kappa shape index (κ1) is 14.5. The molecule has 0 aromatic heterocycles. The zero-order valence-electron chi connectivity index (χ0n) is 12.8. The van der Waals surface area contributed by atoms with Crippen LogP contribution < -0.4 is 5.73 Å². The van der Waals surface area contributed by atoms with Crippen molar-refractivity contribution in [3.63, 3.8) is 0 Å². The molecule has 2 N–H and O–H groups in total. The minimum Gasteiger partial charge on any atom is -0.323 e. The van der Waals surface area contributed by atoms with Crippen LogP contribution in [-0.4, -0.2) is 24.0 Å². The fraction of sp³-hybridized carbons (Fsp3) is 0.647. The number of hydrogen-bond donors (Lipinski definition) is 1. The van der Waals surface area contributed by atoms with Crippen LogP contribution in [0.3, 0.4) is 0 Å². The van der Waals surface area contributed by atoms with Crippen LogP contribution >= 0.6 is 0 Å². The molecule has 1 aliphatic carbocycles. The highest BCUT2D eigenvalue weighted by Gasteiger charge is 2.30. The Balaban J connectivity index is 2.24. The first-order valence-electron chi connectivity index (χ1n) is 7.57. The molecule has 0 saturated heterocycles. The molecule has 0 heterocycles. The summed E-state index contributed by atoms with van der Waals surface area (Å²) < 4.78 is 0. The quantitative estimate of drug-likeness (QED) is 0.844. The Morgan fingerprint density at radius 3 is 2.58 bits per heavy atom. The molecule has 2 nitrogen and oxygen atoms in total. The van der Waals surface area contributed by atoms with Gasteiger partial charge in [-0.1, -0.05) is 38.1 Å². The second kappa shape index (κ2) is 6.06. The highest BCUT2D eigenvalue weighted by Crippen LogP contribution is 2.31. The number of likely N-dealkylation sites (N-methyl/N-ethyl adjacent to an activating group) is 1. The molecule has 0 amide bonds. The smallest absolute Gasteiger partial charge is 0.0455 e. The van der Waals surface area contributed by atoms with E-state index in [2.05, 4.69) is 57.0 Å². The third-order valence-electron chi connectivity index (χ3n) is 4.91. The van der Waals surface area contributed by atoms with Gasteiger partial charge in [0.1, 0.15) is 0 Å². The standard InChI is InChI=1S/C17H28N2/c1-12(2)13(3)19(4)16-11-7-9-14-8-5-6-10-15(14)17(16)18/h5-6,8,10,12-13,16-17H,7,9,11,18H2,1-4H3. The van der Waals surface area contributed by atoms with Crippen LogP contribution in [0, 0.1) is 5.92 Å². The van der Waals surface area contributed by atoms with Gasteiger partial charge in [0, 0.05) is 18.1 Å². The Morgan fingerprint density at radius 1 is 1.21 bits per heavy atom. The van der Waals surface area contributed by atoms with Crippen molar-refractivity contribution in [3.05, 3.63) is 35.4 Å². The lowest BCUT2D eigenvalue weighted by atomic mass is 9.94. The zero-order valence-corrected chi connectivity index (χ0v) is 12.8. The Kier molecular flexibility index (Phi) is 4.64. The molecule has 1 aliphatic rings. The molecule has 0 spiro atoms. The maximum atomic E-state index is 6.59. The van der Waals surface area contributed by atoms with E-state index >= 15 is 0 Å². The molecule has 3 unspecified atom stereocenters. The van der Waals surface area contributed by atoms with E-state index in [1.807, 2.05) is 0 Å². The number of benzene rings is 1. The third-order valence-corrected chi connectivity index (χ3v) is 4.91. The van der Waals surface area contributed by atoms with Crippen molar-refractivity contribution in [1.82, 2.24) is 4.90 Å². The molecule has 0 saturated carbocycles. The predicted molar refractivity (Wildman–Crippen MR) is 82.2 cm³/mol. The summed E-state index contributed by atoms with van der Waals surface area (Å²) in [6.07, 6.45) is 3.61. The van der Waals surface area contributed by atoms with Gasteiger partial charge < -0.3 is 5.73 Å². The van der Waals surface area contributed by atoms with Crippen LogP contribution in [0.5, 0.6) is 0 Å². The minimum atomic E-state index is 0.143. The second-order valence-electron chi connectivity index (χ2n) is 6.33. The van der Waals surface area contributed by atoms with E-state index in [0.29, 0.717) is 18.0 Å². The van der Waals surface area contributed by atoms with Gasteiger partial charge in [-0.25, -0.2) is 0 Å². The highest BCUT2D eigenvalue weighted by atomic mass is 15.2. The molecule has 19 heavy (non-hydrogen) atoms. The maximum Gasteiger partial charge on any atom is 0.0455 e. The number of hydrogen-bond acceptors (Lipinski definition) is 2. The van der Waals surface area contributed by atoms with Crippen molar-refractivity contribution in [2.45, 2.75) is 58.2 Å². The molecular weight excluding hydrogens is 232 g/mol. The van der Waals surface area contributed by atoms with Crippen molar-refractivity contribution in [2.75, 3.05) is 7.05 Å². The van der Waals surface area contributed by atoms with E-state index in [1.165, 1.54) is 30.4 Å². The second-order valence-corrected chi connectivity index (χ2v) is 6.33. The van der Waals surface area contributed by atoms with E-state index in [9.17, 15) is 0 Å². The van der Waals surface area contributed by atoms with Crippen molar-refractivity contribution >= 4 is 0 Å². The van der Waals surface area contributed by atoms with Crippen LogP contribution in [0.1, 0.15) is 50.8 Å². The van der Waals surface area contributed by atoms with Crippen molar-refractivity contribution in [1.29, 1.82) is 0 Å². The molecule has 0 aliphatic heterocycles. The number of fused-ring (bicyclic) bond motifs is 1. The SMILES string of the molecule is CC(C)C(C)N(C)C1CCCc2ccccc2C1N. The van der Waals surface area contributed by atoms with Crippen molar-refractivity contribution < 1.29 is 0 Å². The molecule has 106 valence electrons. The van der Waals surface area contributed by atoms with Gasteiger partial charge >= 0.3 is 0 Å². The van der Waals surface area contributed by atoms with E-state index in [1.54, 1.807) is 0 Å². The monoisotopic (exact) mass is 260 g/mol. The van der Waals surface area contributed by atoms with Crippen LogP contribution in [0.4, 0.5) is 0 Å². The fourth-order valence-corrected chi connectivity index (χ4v) is 3.20. The molecule has 2 rings (SSSR count). The van der Waals surface area contributed by atoms with Gasteiger partial charge in [0.2, 0.25) is 0 Å². The fourth-order valence-electron chi connectivity index (χ4n) is 3.20. The summed E-state index contributed by atoms with van der Waals surface area (Å²) >= 11 is 0. The van der Waals surface area contributed by atoms with E-state index < -0.39 is 0 Å². The topological polar surface area (TPSA) is 29.3 Å². The third kappa shape index (κ3) is 3.01. The number of rotatable bonds is 3. The van der Waals surface area contributed by atoms with Crippen LogP contribution in [0.15, 0.2) is 24.3 Å². The summed E-state index contributed by atoms with van der Waals surface area (Å²) in [5.74, 6) is 0.663. The van der Waals surface area contributed by atoms with Crippen molar-refractivity contribution in [2.24, 2.45) is 11.7 Å². The number of aryl methyl sites for hydroxylation is 1. The van der Waals surface area contributed by atoms with E-state index in [0.717, 1.165) is 0 Å². The molecular formula is C17H28N2. The van der Waals surface area contributed by atoms with Crippen molar-refractivity contribution in [3.8, 4) is 0 Å². The molecule has 1 aromatic rings. The normalized spacial score (nSPS) is 25.2. The highest BCUT2D eigenvalue weighted by molar-refractivity contribution is 5.32. The summed E-state index contributed by atoms with van der Waals surface area (Å²) in [6.45, 7) is 6.89. The van der Waals surface area contributed by atoms with Gasteiger partial charge in [0.05, 0.1) is 0 Å². The summed E-state index contributed by atoms with van der Waals surface area (Å²) in [4.78, 5) is 2.50. The Hall–Kier alpha value is -0.860. The van der Waals surface area contributed by atoms with Crippen LogP contribution in [0.25, 0.3) is 0 Å². The first-order chi connectivity index (χ1) is 9.02. The maximum absolute atomic E-state index is 6.59. The first-order valence-corrected chi connectivity index (χ1v) is 7.57. The number of nitrogens with zero attached hydrogens (tertiary/aromatic N) is 1. The summed E-state index contributed by atoms with van der Waals surface area (Å²) in [6, 6.07) is 9.88. The summed E-state index contributed by atoms with van der Waals surface area (Å²) in [5.41, 5.74) is 9.39. The lowest BCUT2D eigenvalue weighted by molar-refractivity contribution is 0.122. The van der Waals surface area contributed by atoms with E-state index in [-0.39, 0.29) is 6.04 Å². The average molecular weight is 260 g/mol. The van der Waals surface area contributed by atoms with Gasteiger partial charge in [-0.2, -0.15) is 0 Å². The number of nitrogens with two attached hydrogens (primary N) is 1. The Morgan fingerprint density at radius 2 is 1.89 bits per heavy atom. The van der Waals surface area contributed by atoms with Gasteiger partial charge in [-0.05, 0) is 50.3 Å². The summed E-state index contributed by atoms with van der Waals surface area (Å²) in [5, 5.41) is 0. The van der Waals surface area contributed by atoms with Gasteiger partial charge in [-0.3, -0.25) is 4.90 Å². The minimum absolute atomic E-state index is 0.143. The lowest BCUT2D eigenvalue weighted by Crippen LogP contribution is -2.46. The average Bonchev–Trinajstić information content (AvgIpc) is 2.57. The molecule has 0 radical (unpaired) electrons. The zero-order chi connectivity index (χ0) is 14.0. The molecule has 0 bridgehead atoms. The van der Waals surface area contributed by atoms with Gasteiger partial charge in [-0.15, -0.1) is 0 Å². The molecule has 1 aromatic carbocycles. The van der Waals surface area contributed by atoms with Crippen LogP contribution in [0.2, 0.25) is 0 Å².